The molecular weight excluding hydrogens is 456 g/mol. The van der Waals surface area contributed by atoms with Crippen LogP contribution in [-0.2, 0) is 0 Å². The van der Waals surface area contributed by atoms with Gasteiger partial charge in [0.15, 0.2) is 23.0 Å². The van der Waals surface area contributed by atoms with E-state index in [0.717, 1.165) is 12.1 Å². The second kappa shape index (κ2) is 8.35. The quantitative estimate of drug-likeness (QED) is 0.371. The number of hydrogen-bond donors (Lipinski definition) is 2. The number of carboxylic acids is 1. The van der Waals surface area contributed by atoms with Crippen LogP contribution in [0.4, 0.5) is 29.1 Å². The number of carbonyl (C=O) groups is 1. The van der Waals surface area contributed by atoms with E-state index >= 15 is 0 Å². The summed E-state index contributed by atoms with van der Waals surface area (Å²) in [6.07, 6.45) is 4.08. The summed E-state index contributed by atoms with van der Waals surface area (Å²) in [5, 5.41) is 12.0. The predicted molar refractivity (Wildman–Crippen MR) is 107 cm³/mol. The lowest BCUT2D eigenvalue weighted by molar-refractivity contribution is -0.0525. The highest BCUT2D eigenvalue weighted by Gasteiger charge is 2.21. The van der Waals surface area contributed by atoms with Crippen molar-refractivity contribution in [1.82, 2.24) is 14.4 Å². The zero-order valence-corrected chi connectivity index (χ0v) is 16.4. The minimum atomic E-state index is -3.30. The van der Waals surface area contributed by atoms with Gasteiger partial charge in [-0.05, 0) is 30.3 Å². The number of fused-ring (bicyclic) bond motifs is 1. The van der Waals surface area contributed by atoms with Gasteiger partial charge in [0.05, 0.1) is 22.5 Å². The molecule has 2 N–H and O–H groups in total. The highest BCUT2D eigenvalue weighted by atomic mass is 35.5. The van der Waals surface area contributed by atoms with Gasteiger partial charge in [-0.15, -0.1) is 0 Å². The molecule has 0 saturated heterocycles. The van der Waals surface area contributed by atoms with E-state index < -0.39 is 30.0 Å². The summed E-state index contributed by atoms with van der Waals surface area (Å²) in [6.45, 7) is -3.30. The molecule has 32 heavy (non-hydrogen) atoms. The van der Waals surface area contributed by atoms with Crippen molar-refractivity contribution in [3.05, 3.63) is 71.1 Å². The first-order chi connectivity index (χ1) is 15.3. The third-order valence-corrected chi connectivity index (χ3v) is 4.74. The van der Waals surface area contributed by atoms with Crippen molar-refractivity contribution < 1.29 is 32.2 Å². The number of hydrogen-bond acceptors (Lipinski definition) is 5. The maximum absolute atomic E-state index is 14.6. The molecule has 2 aromatic heterocycles. The first kappa shape index (κ1) is 21.4. The van der Waals surface area contributed by atoms with Crippen molar-refractivity contribution in [3.63, 3.8) is 0 Å². The van der Waals surface area contributed by atoms with Gasteiger partial charge in [0.25, 0.3) is 0 Å². The molecule has 4 rings (SSSR count). The van der Waals surface area contributed by atoms with E-state index in [0.29, 0.717) is 5.69 Å². The van der Waals surface area contributed by atoms with Crippen LogP contribution in [0, 0.1) is 11.6 Å². The Hall–Kier alpha value is -3.86. The van der Waals surface area contributed by atoms with E-state index in [1.165, 1.54) is 41.2 Å². The maximum atomic E-state index is 14.6. The minimum Gasteiger partial charge on any atom is -0.478 e. The summed E-state index contributed by atoms with van der Waals surface area (Å²) in [7, 11) is 0. The van der Waals surface area contributed by atoms with E-state index in [1.54, 1.807) is 0 Å². The summed E-state index contributed by atoms with van der Waals surface area (Å²) in [5.74, 6) is -4.82. The molecule has 164 valence electrons. The molecule has 0 unspecified atom stereocenters. The number of benzene rings is 2. The third kappa shape index (κ3) is 3.89. The number of carboxylic acid groups (broad SMARTS) is 1. The Morgan fingerprint density at radius 1 is 1.16 bits per heavy atom. The number of ether oxygens (including phenoxy) is 1. The molecule has 0 atom stereocenters. The van der Waals surface area contributed by atoms with Crippen molar-refractivity contribution in [1.29, 1.82) is 0 Å². The van der Waals surface area contributed by atoms with E-state index in [4.69, 9.17) is 16.7 Å². The van der Waals surface area contributed by atoms with Crippen molar-refractivity contribution in [2.75, 3.05) is 5.32 Å². The first-order valence-electron chi connectivity index (χ1n) is 8.81. The molecule has 0 aliphatic carbocycles. The largest absolute Gasteiger partial charge is 0.478 e. The highest BCUT2D eigenvalue weighted by Crippen LogP contribution is 2.32. The fraction of sp³-hybridized carbons (Fsp3) is 0.0500. The van der Waals surface area contributed by atoms with Crippen molar-refractivity contribution >= 4 is 34.7 Å². The Morgan fingerprint density at radius 3 is 2.62 bits per heavy atom. The number of nitrogens with one attached hydrogen (secondary N) is 1. The normalized spacial score (nSPS) is 11.2. The Kier molecular flexibility index (Phi) is 5.57. The molecule has 0 bridgehead atoms. The van der Waals surface area contributed by atoms with E-state index in [2.05, 4.69) is 20.0 Å². The first-order valence-corrected chi connectivity index (χ1v) is 9.19. The van der Waals surface area contributed by atoms with Gasteiger partial charge in [0, 0.05) is 23.6 Å². The highest BCUT2D eigenvalue weighted by molar-refractivity contribution is 6.33. The topological polar surface area (TPSA) is 88.8 Å². The fourth-order valence-corrected chi connectivity index (χ4v) is 3.29. The number of nitrogens with zero attached hydrogens (tertiary/aromatic N) is 3. The monoisotopic (exact) mass is 466 g/mol. The number of aromatic carboxylic acids is 1. The molecule has 0 radical (unpaired) electrons. The molecular formula is C20H11ClF4N4O3. The number of aromatic nitrogens is 3. The maximum Gasteiger partial charge on any atom is 0.387 e. The summed E-state index contributed by atoms with van der Waals surface area (Å²) in [6, 6.07) is 6.16. The molecule has 0 saturated carbocycles. The van der Waals surface area contributed by atoms with Crippen molar-refractivity contribution in [3.8, 4) is 17.0 Å². The van der Waals surface area contributed by atoms with Crippen LogP contribution in [-0.4, -0.2) is 32.1 Å². The average molecular weight is 467 g/mol. The van der Waals surface area contributed by atoms with Gasteiger partial charge in [0.1, 0.15) is 0 Å². The molecule has 2 heterocycles. The smallest absolute Gasteiger partial charge is 0.387 e. The van der Waals surface area contributed by atoms with Gasteiger partial charge >= 0.3 is 12.6 Å². The number of rotatable bonds is 6. The van der Waals surface area contributed by atoms with Crippen LogP contribution in [0.2, 0.25) is 5.02 Å². The van der Waals surface area contributed by atoms with Crippen LogP contribution in [0.3, 0.4) is 0 Å². The lowest BCUT2D eigenvalue weighted by Crippen LogP contribution is -2.05. The van der Waals surface area contributed by atoms with Gasteiger partial charge in [-0.2, -0.15) is 13.2 Å². The minimum absolute atomic E-state index is 0.00198. The number of alkyl halides is 2. The zero-order valence-electron chi connectivity index (χ0n) is 15.7. The van der Waals surface area contributed by atoms with Crippen LogP contribution in [0.5, 0.6) is 5.75 Å². The molecule has 0 aliphatic heterocycles. The number of halogens is 5. The molecule has 0 fully saturated rings. The van der Waals surface area contributed by atoms with E-state index in [1.807, 2.05) is 0 Å². The molecule has 0 spiro atoms. The van der Waals surface area contributed by atoms with Crippen LogP contribution in [0.25, 0.3) is 16.9 Å². The molecule has 12 heteroatoms. The fourth-order valence-electron chi connectivity index (χ4n) is 3.03. The SMILES string of the molecule is O=C(O)c1ccc(Nc2nccn3c(-c4ccc(OC(F)F)c(F)c4F)cnc23)cc1Cl. The summed E-state index contributed by atoms with van der Waals surface area (Å²) in [5.41, 5.74) is 0.458. The Morgan fingerprint density at radius 2 is 1.94 bits per heavy atom. The number of imidazole rings is 1. The lowest BCUT2D eigenvalue weighted by atomic mass is 10.1. The standard InChI is InChI=1S/C20H11ClF4N4O3/c21-12-7-9(1-2-10(12)19(30)31)28-17-18-27-8-13(29(18)6-5-26-17)11-3-4-14(32-20(24)25)16(23)15(11)22/h1-8,20H,(H,26,28)(H,30,31). The van der Waals surface area contributed by atoms with Crippen molar-refractivity contribution in [2.45, 2.75) is 6.61 Å². The summed E-state index contributed by atoms with van der Waals surface area (Å²) < 4.78 is 58.8. The van der Waals surface area contributed by atoms with Gasteiger partial charge < -0.3 is 15.2 Å². The van der Waals surface area contributed by atoms with Crippen LogP contribution in [0.15, 0.2) is 48.9 Å². The second-order valence-electron chi connectivity index (χ2n) is 6.36. The lowest BCUT2D eigenvalue weighted by Gasteiger charge is -2.11. The summed E-state index contributed by atoms with van der Waals surface area (Å²) >= 11 is 5.97. The van der Waals surface area contributed by atoms with Gasteiger partial charge in [-0.3, -0.25) is 4.40 Å². The second-order valence-corrected chi connectivity index (χ2v) is 6.76. The molecule has 0 aliphatic rings. The Balaban J connectivity index is 1.72. The zero-order chi connectivity index (χ0) is 23.0. The Labute approximate surface area is 181 Å². The number of anilines is 2. The molecule has 4 aromatic rings. The predicted octanol–water partition coefficient (Wildman–Crippen LogP) is 5.37. The average Bonchev–Trinajstić information content (AvgIpc) is 3.16. The third-order valence-electron chi connectivity index (χ3n) is 4.43. The molecule has 7 nitrogen and oxygen atoms in total. The van der Waals surface area contributed by atoms with Crippen LogP contribution < -0.4 is 10.1 Å². The van der Waals surface area contributed by atoms with E-state index in [9.17, 15) is 22.4 Å². The summed E-state index contributed by atoms with van der Waals surface area (Å²) in [4.78, 5) is 19.4. The van der Waals surface area contributed by atoms with Gasteiger partial charge in [-0.25, -0.2) is 19.2 Å². The van der Waals surface area contributed by atoms with Gasteiger partial charge in [0.2, 0.25) is 5.82 Å². The molecule has 2 aromatic carbocycles. The van der Waals surface area contributed by atoms with E-state index in [-0.39, 0.29) is 33.3 Å². The van der Waals surface area contributed by atoms with Crippen LogP contribution >= 0.6 is 11.6 Å². The Bertz CT molecular complexity index is 1350. The van der Waals surface area contributed by atoms with Crippen molar-refractivity contribution in [2.24, 2.45) is 0 Å². The molecule has 0 amide bonds. The van der Waals surface area contributed by atoms with Gasteiger partial charge in [-0.1, -0.05) is 11.6 Å². The van der Waals surface area contributed by atoms with Crippen LogP contribution in [0.1, 0.15) is 10.4 Å².